The Labute approximate surface area is 125 Å². The summed E-state index contributed by atoms with van der Waals surface area (Å²) in [5.41, 5.74) is 7.32. The maximum absolute atomic E-state index is 6.30. The summed E-state index contributed by atoms with van der Waals surface area (Å²) in [4.78, 5) is 0. The fourth-order valence-electron chi connectivity index (χ4n) is 2.37. The van der Waals surface area contributed by atoms with Gasteiger partial charge in [0, 0.05) is 35.3 Å². The highest BCUT2D eigenvalue weighted by Gasteiger charge is 2.25. The van der Waals surface area contributed by atoms with Gasteiger partial charge in [-0.1, -0.05) is 6.07 Å². The molecule has 4 nitrogen and oxygen atoms in total. The molecule has 3 atom stereocenters. The van der Waals surface area contributed by atoms with Crippen LogP contribution in [-0.2, 0) is 4.74 Å². The lowest BCUT2D eigenvalue weighted by Crippen LogP contribution is -2.19. The third-order valence-corrected chi connectivity index (χ3v) is 5.24. The topological polar surface area (TPSA) is 53.7 Å². The van der Waals surface area contributed by atoms with Crippen molar-refractivity contribution in [1.29, 1.82) is 0 Å². The lowest BCUT2D eigenvalue weighted by Gasteiger charge is -2.19. The summed E-state index contributed by atoms with van der Waals surface area (Å²) < 4.78 is 16.2. The molecule has 1 aromatic carbocycles. The molecule has 1 saturated heterocycles. The Hall–Kier alpha value is -0.910. The molecule has 1 fully saturated rings. The molecule has 3 unspecified atom stereocenters. The first-order valence-electron chi connectivity index (χ1n) is 6.86. The third-order valence-electron chi connectivity index (χ3n) is 3.64. The fourth-order valence-corrected chi connectivity index (χ4v) is 3.62. The van der Waals surface area contributed by atoms with Crippen molar-refractivity contribution in [1.82, 2.24) is 0 Å². The molecule has 0 aromatic heterocycles. The van der Waals surface area contributed by atoms with Gasteiger partial charge in [0.05, 0.1) is 20.3 Å². The van der Waals surface area contributed by atoms with E-state index < -0.39 is 0 Å². The number of ether oxygens (including phenoxy) is 3. The maximum Gasteiger partial charge on any atom is 0.127 e. The highest BCUT2D eigenvalue weighted by molar-refractivity contribution is 8.00. The van der Waals surface area contributed by atoms with E-state index in [0.717, 1.165) is 35.8 Å². The molecule has 1 aliphatic heterocycles. The average Bonchev–Trinajstić information content (AvgIpc) is 2.89. The Morgan fingerprint density at radius 2 is 2.20 bits per heavy atom. The summed E-state index contributed by atoms with van der Waals surface area (Å²) in [6, 6.07) is 5.73. The standard InChI is InChI=1S/C15H23NO3S/c1-10-15(6-7-19-10)20-9-13(16)12-5-4-11(17-2)8-14(12)18-3/h4-5,8,10,13,15H,6-7,9,16H2,1-3H3. The smallest absolute Gasteiger partial charge is 0.127 e. The zero-order chi connectivity index (χ0) is 14.5. The van der Waals surface area contributed by atoms with E-state index in [1.807, 2.05) is 30.0 Å². The summed E-state index contributed by atoms with van der Waals surface area (Å²) in [7, 11) is 3.30. The SMILES string of the molecule is COc1ccc(C(N)CSC2CCOC2C)c(OC)c1. The first-order valence-corrected chi connectivity index (χ1v) is 7.91. The fraction of sp³-hybridized carbons (Fsp3) is 0.600. The van der Waals surface area contributed by atoms with Gasteiger partial charge in [-0.3, -0.25) is 0 Å². The van der Waals surface area contributed by atoms with Crippen molar-refractivity contribution < 1.29 is 14.2 Å². The summed E-state index contributed by atoms with van der Waals surface area (Å²) in [5, 5.41) is 0.547. The van der Waals surface area contributed by atoms with Crippen LogP contribution in [0.5, 0.6) is 11.5 Å². The molecule has 112 valence electrons. The van der Waals surface area contributed by atoms with E-state index in [2.05, 4.69) is 6.92 Å². The van der Waals surface area contributed by atoms with Crippen molar-refractivity contribution in [2.75, 3.05) is 26.6 Å². The van der Waals surface area contributed by atoms with E-state index in [0.29, 0.717) is 11.4 Å². The number of methoxy groups -OCH3 is 2. The zero-order valence-corrected chi connectivity index (χ0v) is 13.1. The minimum atomic E-state index is -0.0475. The second kappa shape index (κ2) is 7.20. The monoisotopic (exact) mass is 297 g/mol. The summed E-state index contributed by atoms with van der Waals surface area (Å²) in [5.74, 6) is 2.43. The Kier molecular flexibility index (Phi) is 5.57. The van der Waals surface area contributed by atoms with Crippen molar-refractivity contribution >= 4 is 11.8 Å². The Bertz CT molecular complexity index is 441. The van der Waals surface area contributed by atoms with Gasteiger partial charge in [0.15, 0.2) is 0 Å². The van der Waals surface area contributed by atoms with E-state index in [1.54, 1.807) is 14.2 Å². The molecular formula is C15H23NO3S. The van der Waals surface area contributed by atoms with Gasteiger partial charge in [-0.2, -0.15) is 11.8 Å². The van der Waals surface area contributed by atoms with Crippen LogP contribution in [0.15, 0.2) is 18.2 Å². The first-order chi connectivity index (χ1) is 9.65. The van der Waals surface area contributed by atoms with Crippen LogP contribution in [-0.4, -0.2) is 37.9 Å². The molecule has 2 N–H and O–H groups in total. The Balaban J connectivity index is 1.99. The molecule has 0 aliphatic carbocycles. The average molecular weight is 297 g/mol. The van der Waals surface area contributed by atoms with E-state index in [4.69, 9.17) is 19.9 Å². The number of nitrogens with two attached hydrogens (primary N) is 1. The van der Waals surface area contributed by atoms with Crippen molar-refractivity contribution in [2.45, 2.75) is 30.7 Å². The largest absolute Gasteiger partial charge is 0.497 e. The quantitative estimate of drug-likeness (QED) is 0.874. The van der Waals surface area contributed by atoms with E-state index in [1.165, 1.54) is 0 Å². The van der Waals surface area contributed by atoms with E-state index in [9.17, 15) is 0 Å². The molecule has 1 aliphatic rings. The van der Waals surface area contributed by atoms with Gasteiger partial charge in [0.2, 0.25) is 0 Å². The molecule has 1 heterocycles. The molecule has 0 spiro atoms. The first kappa shape index (κ1) is 15.5. The van der Waals surface area contributed by atoms with Gasteiger partial charge in [-0.25, -0.2) is 0 Å². The van der Waals surface area contributed by atoms with E-state index >= 15 is 0 Å². The minimum Gasteiger partial charge on any atom is -0.497 e. The van der Waals surface area contributed by atoms with Gasteiger partial charge >= 0.3 is 0 Å². The normalized spacial score (nSPS) is 23.6. The Morgan fingerprint density at radius 3 is 2.80 bits per heavy atom. The molecule has 0 radical (unpaired) electrons. The third kappa shape index (κ3) is 3.59. The predicted octanol–water partition coefficient (Wildman–Crippen LogP) is 2.61. The summed E-state index contributed by atoms with van der Waals surface area (Å²) >= 11 is 1.89. The second-order valence-corrected chi connectivity index (χ2v) is 6.22. The van der Waals surface area contributed by atoms with Gasteiger partial charge in [-0.05, 0) is 19.4 Å². The second-order valence-electron chi connectivity index (χ2n) is 4.95. The molecule has 0 amide bonds. The van der Waals surface area contributed by atoms with Crippen molar-refractivity contribution in [3.8, 4) is 11.5 Å². The number of hydrogen-bond acceptors (Lipinski definition) is 5. The number of rotatable bonds is 6. The molecule has 0 saturated carbocycles. The Morgan fingerprint density at radius 1 is 1.40 bits per heavy atom. The molecule has 5 heteroatoms. The van der Waals surface area contributed by atoms with Gasteiger partial charge < -0.3 is 19.9 Å². The highest BCUT2D eigenvalue weighted by atomic mass is 32.2. The van der Waals surface area contributed by atoms with Crippen LogP contribution in [0.25, 0.3) is 0 Å². The summed E-state index contributed by atoms with van der Waals surface area (Å²) in [6.07, 6.45) is 1.43. The predicted molar refractivity (Wildman–Crippen MR) is 82.8 cm³/mol. The minimum absolute atomic E-state index is 0.0475. The molecule has 2 rings (SSSR count). The van der Waals surface area contributed by atoms with Crippen LogP contribution in [0.2, 0.25) is 0 Å². The van der Waals surface area contributed by atoms with Gasteiger partial charge in [0.25, 0.3) is 0 Å². The van der Waals surface area contributed by atoms with Crippen LogP contribution in [0.3, 0.4) is 0 Å². The molecule has 1 aromatic rings. The van der Waals surface area contributed by atoms with Crippen LogP contribution in [0, 0.1) is 0 Å². The van der Waals surface area contributed by atoms with Crippen LogP contribution >= 0.6 is 11.8 Å². The lowest BCUT2D eigenvalue weighted by molar-refractivity contribution is 0.127. The van der Waals surface area contributed by atoms with E-state index in [-0.39, 0.29) is 6.04 Å². The number of hydrogen-bond donors (Lipinski definition) is 1. The zero-order valence-electron chi connectivity index (χ0n) is 12.3. The lowest BCUT2D eigenvalue weighted by atomic mass is 10.1. The van der Waals surface area contributed by atoms with Crippen molar-refractivity contribution in [3.63, 3.8) is 0 Å². The number of benzene rings is 1. The summed E-state index contributed by atoms with van der Waals surface area (Å²) in [6.45, 7) is 2.99. The van der Waals surface area contributed by atoms with Gasteiger partial charge in [-0.15, -0.1) is 0 Å². The van der Waals surface area contributed by atoms with Crippen LogP contribution in [0.4, 0.5) is 0 Å². The van der Waals surface area contributed by atoms with Crippen LogP contribution in [0.1, 0.15) is 24.9 Å². The molecular weight excluding hydrogens is 274 g/mol. The van der Waals surface area contributed by atoms with Crippen LogP contribution < -0.4 is 15.2 Å². The van der Waals surface area contributed by atoms with Gasteiger partial charge in [0.1, 0.15) is 11.5 Å². The number of thioether (sulfide) groups is 1. The maximum atomic E-state index is 6.30. The highest BCUT2D eigenvalue weighted by Crippen LogP contribution is 2.33. The van der Waals surface area contributed by atoms with Crippen molar-refractivity contribution in [2.24, 2.45) is 5.73 Å². The molecule has 0 bridgehead atoms. The molecule has 20 heavy (non-hydrogen) atoms. The van der Waals surface area contributed by atoms with Crippen molar-refractivity contribution in [3.05, 3.63) is 23.8 Å².